The van der Waals surface area contributed by atoms with Crippen LogP contribution in [0.1, 0.15) is 32.1 Å². The van der Waals surface area contributed by atoms with Crippen molar-refractivity contribution in [3.63, 3.8) is 0 Å². The third kappa shape index (κ3) is 3.54. The average Bonchev–Trinajstić information content (AvgIpc) is 2.19. The lowest BCUT2D eigenvalue weighted by Crippen LogP contribution is -2.38. The predicted octanol–water partition coefficient (Wildman–Crippen LogP) is 1.25. The predicted molar refractivity (Wildman–Crippen MR) is 55.0 cm³/mol. The van der Waals surface area contributed by atoms with Crippen molar-refractivity contribution in [1.82, 2.24) is 5.32 Å². The summed E-state index contributed by atoms with van der Waals surface area (Å²) in [6, 6.07) is 0.285. The Morgan fingerprint density at radius 3 is 3.00 bits per heavy atom. The van der Waals surface area contributed by atoms with Crippen LogP contribution in [0.2, 0.25) is 0 Å². The quantitative estimate of drug-likeness (QED) is 0.720. The monoisotopic (exact) mass is 200 g/mol. The van der Waals surface area contributed by atoms with Gasteiger partial charge in [-0.1, -0.05) is 12.8 Å². The first-order valence-corrected chi connectivity index (χ1v) is 5.30. The minimum atomic E-state index is -0.316. The van der Waals surface area contributed by atoms with Crippen LogP contribution >= 0.6 is 0 Å². The number of ether oxygens (including phenoxy) is 1. The minimum absolute atomic E-state index is 0.285. The fourth-order valence-corrected chi connectivity index (χ4v) is 2.15. The third-order valence-electron chi connectivity index (χ3n) is 2.87. The molecule has 1 fully saturated rings. The van der Waals surface area contributed by atoms with Gasteiger partial charge in [-0.15, -0.1) is 0 Å². The summed E-state index contributed by atoms with van der Waals surface area (Å²) in [4.78, 5) is 11.0. The summed E-state index contributed by atoms with van der Waals surface area (Å²) in [7, 11) is 1.40. The largest absolute Gasteiger partial charge is 0.453 e. The lowest BCUT2D eigenvalue weighted by molar-refractivity contribution is 0.159. The lowest BCUT2D eigenvalue weighted by Gasteiger charge is -2.28. The van der Waals surface area contributed by atoms with Crippen molar-refractivity contribution in [1.29, 1.82) is 0 Å². The maximum absolute atomic E-state index is 11.0. The highest BCUT2D eigenvalue weighted by Gasteiger charge is 2.22. The normalized spacial score (nSPS) is 27.0. The summed E-state index contributed by atoms with van der Waals surface area (Å²) in [5.74, 6) is 0.677. The average molecular weight is 200 g/mol. The summed E-state index contributed by atoms with van der Waals surface area (Å²) >= 11 is 0. The van der Waals surface area contributed by atoms with Gasteiger partial charge in [0.1, 0.15) is 0 Å². The summed E-state index contributed by atoms with van der Waals surface area (Å²) in [6.07, 6.45) is 5.29. The van der Waals surface area contributed by atoms with E-state index in [1.165, 1.54) is 20.0 Å². The Balaban J connectivity index is 2.28. The minimum Gasteiger partial charge on any atom is -0.453 e. The van der Waals surface area contributed by atoms with Crippen LogP contribution in [0.4, 0.5) is 4.79 Å². The zero-order chi connectivity index (χ0) is 10.4. The van der Waals surface area contributed by atoms with E-state index in [0.29, 0.717) is 5.92 Å². The van der Waals surface area contributed by atoms with Crippen LogP contribution in [0.5, 0.6) is 0 Å². The zero-order valence-corrected chi connectivity index (χ0v) is 8.79. The van der Waals surface area contributed by atoms with Crippen molar-refractivity contribution in [3.8, 4) is 0 Å². The number of amides is 1. The van der Waals surface area contributed by atoms with E-state index in [1.54, 1.807) is 0 Å². The molecule has 1 aliphatic carbocycles. The fraction of sp³-hybridized carbons (Fsp3) is 0.900. The first kappa shape index (κ1) is 11.3. The van der Waals surface area contributed by atoms with Crippen LogP contribution in [0.25, 0.3) is 0 Å². The van der Waals surface area contributed by atoms with Gasteiger partial charge < -0.3 is 15.8 Å². The van der Waals surface area contributed by atoms with Crippen molar-refractivity contribution in [2.45, 2.75) is 38.1 Å². The Labute approximate surface area is 85.2 Å². The maximum atomic E-state index is 11.0. The first-order valence-electron chi connectivity index (χ1n) is 5.30. The number of nitrogens with one attached hydrogen (secondary N) is 1. The molecule has 4 heteroatoms. The highest BCUT2D eigenvalue weighted by atomic mass is 16.5. The van der Waals surface area contributed by atoms with Gasteiger partial charge in [-0.2, -0.15) is 0 Å². The molecule has 1 rings (SSSR count). The maximum Gasteiger partial charge on any atom is 0.407 e. The van der Waals surface area contributed by atoms with E-state index in [2.05, 4.69) is 10.1 Å². The molecule has 2 atom stereocenters. The lowest BCUT2D eigenvalue weighted by atomic mass is 9.84. The van der Waals surface area contributed by atoms with E-state index in [9.17, 15) is 4.79 Å². The standard InChI is InChI=1S/C10H20N2O2/c1-14-10(13)12-9-4-2-3-8(7-9)5-6-11/h8-9H,2-7,11H2,1H3,(H,12,13). The van der Waals surface area contributed by atoms with Gasteiger partial charge in [0.25, 0.3) is 0 Å². The molecule has 14 heavy (non-hydrogen) atoms. The van der Waals surface area contributed by atoms with Crippen LogP contribution in [-0.2, 0) is 4.74 Å². The summed E-state index contributed by atoms with van der Waals surface area (Å²) < 4.78 is 4.57. The van der Waals surface area contributed by atoms with Crippen molar-refractivity contribution < 1.29 is 9.53 Å². The van der Waals surface area contributed by atoms with E-state index in [0.717, 1.165) is 25.8 Å². The molecule has 0 radical (unpaired) electrons. The Morgan fingerprint density at radius 1 is 1.57 bits per heavy atom. The molecule has 0 spiro atoms. The summed E-state index contributed by atoms with van der Waals surface area (Å²) in [6.45, 7) is 0.746. The van der Waals surface area contributed by atoms with Gasteiger partial charge in [-0.25, -0.2) is 4.79 Å². The first-order chi connectivity index (χ1) is 6.76. The molecule has 82 valence electrons. The number of hydrogen-bond donors (Lipinski definition) is 2. The molecule has 3 N–H and O–H groups in total. The van der Waals surface area contributed by atoms with Gasteiger partial charge >= 0.3 is 6.09 Å². The SMILES string of the molecule is COC(=O)NC1CCCC(CCN)C1. The Kier molecular flexibility index (Phi) is 4.73. The Morgan fingerprint density at radius 2 is 2.36 bits per heavy atom. The number of nitrogens with two attached hydrogens (primary N) is 1. The van der Waals surface area contributed by atoms with Gasteiger partial charge in [0.05, 0.1) is 7.11 Å². The van der Waals surface area contributed by atoms with E-state index in [4.69, 9.17) is 5.73 Å². The highest BCUT2D eigenvalue weighted by Crippen LogP contribution is 2.26. The van der Waals surface area contributed by atoms with E-state index in [1.807, 2.05) is 0 Å². The molecule has 2 unspecified atom stereocenters. The van der Waals surface area contributed by atoms with Crippen molar-refractivity contribution in [2.75, 3.05) is 13.7 Å². The van der Waals surface area contributed by atoms with Crippen molar-refractivity contribution >= 4 is 6.09 Å². The molecule has 0 aromatic rings. The molecule has 0 saturated heterocycles. The van der Waals surface area contributed by atoms with Gasteiger partial charge in [-0.05, 0) is 31.7 Å². The van der Waals surface area contributed by atoms with Crippen LogP contribution in [0, 0.1) is 5.92 Å². The molecular formula is C10H20N2O2. The molecular weight excluding hydrogens is 180 g/mol. The fourth-order valence-electron chi connectivity index (χ4n) is 2.15. The number of alkyl carbamates (subject to hydrolysis) is 1. The number of rotatable bonds is 3. The Hall–Kier alpha value is -0.770. The third-order valence-corrected chi connectivity index (χ3v) is 2.87. The second-order valence-electron chi connectivity index (χ2n) is 3.94. The number of hydrogen-bond acceptors (Lipinski definition) is 3. The topological polar surface area (TPSA) is 64.3 Å². The summed E-state index contributed by atoms with van der Waals surface area (Å²) in [5, 5.41) is 2.85. The second-order valence-corrected chi connectivity index (χ2v) is 3.94. The highest BCUT2D eigenvalue weighted by molar-refractivity contribution is 5.67. The molecule has 0 heterocycles. The van der Waals surface area contributed by atoms with Crippen LogP contribution in [0.15, 0.2) is 0 Å². The van der Waals surface area contributed by atoms with E-state index in [-0.39, 0.29) is 12.1 Å². The molecule has 1 aliphatic rings. The van der Waals surface area contributed by atoms with Gasteiger partial charge in [0.15, 0.2) is 0 Å². The summed E-state index contributed by atoms with van der Waals surface area (Å²) in [5.41, 5.74) is 5.52. The van der Waals surface area contributed by atoms with E-state index < -0.39 is 0 Å². The number of carbonyl (C=O) groups excluding carboxylic acids is 1. The second kappa shape index (κ2) is 5.86. The van der Waals surface area contributed by atoms with Gasteiger partial charge in [-0.3, -0.25) is 0 Å². The molecule has 0 aliphatic heterocycles. The molecule has 0 bridgehead atoms. The smallest absolute Gasteiger partial charge is 0.407 e. The molecule has 4 nitrogen and oxygen atoms in total. The van der Waals surface area contributed by atoms with Gasteiger partial charge in [0, 0.05) is 6.04 Å². The van der Waals surface area contributed by atoms with Crippen LogP contribution in [-0.4, -0.2) is 25.8 Å². The van der Waals surface area contributed by atoms with Crippen LogP contribution < -0.4 is 11.1 Å². The van der Waals surface area contributed by atoms with Crippen molar-refractivity contribution in [3.05, 3.63) is 0 Å². The van der Waals surface area contributed by atoms with Crippen molar-refractivity contribution in [2.24, 2.45) is 11.7 Å². The van der Waals surface area contributed by atoms with E-state index >= 15 is 0 Å². The molecule has 1 amide bonds. The Bertz CT molecular complexity index is 183. The number of carbonyl (C=O) groups is 1. The molecule has 0 aromatic heterocycles. The van der Waals surface area contributed by atoms with Gasteiger partial charge in [0.2, 0.25) is 0 Å². The van der Waals surface area contributed by atoms with Crippen LogP contribution in [0.3, 0.4) is 0 Å². The molecule has 1 saturated carbocycles. The number of methoxy groups -OCH3 is 1. The molecule has 0 aromatic carbocycles. The zero-order valence-electron chi connectivity index (χ0n) is 8.79.